The highest BCUT2D eigenvalue weighted by atomic mass is 16.1. The number of aromatic nitrogens is 2. The lowest BCUT2D eigenvalue weighted by atomic mass is 10.1. The normalized spacial score (nSPS) is 10.5. The predicted octanol–water partition coefficient (Wildman–Crippen LogP) is 2.54. The van der Waals surface area contributed by atoms with Gasteiger partial charge in [-0.05, 0) is 26.3 Å². The molecule has 0 fully saturated rings. The molecule has 2 rings (SSSR count). The largest absolute Gasteiger partial charge is 0.350 e. The molecule has 2 N–H and O–H groups in total. The van der Waals surface area contributed by atoms with Gasteiger partial charge in [0.25, 0.3) is 5.91 Å². The van der Waals surface area contributed by atoms with Crippen LogP contribution in [0.4, 0.5) is 5.95 Å². The summed E-state index contributed by atoms with van der Waals surface area (Å²) in [7, 11) is 0. The number of hydrogen-bond donors (Lipinski definition) is 2. The molecule has 21 heavy (non-hydrogen) atoms. The molecule has 0 bridgehead atoms. The van der Waals surface area contributed by atoms with Crippen LogP contribution in [0, 0.1) is 6.92 Å². The van der Waals surface area contributed by atoms with E-state index in [9.17, 15) is 4.79 Å². The molecule has 2 aromatic rings. The maximum atomic E-state index is 11.8. The Morgan fingerprint density at radius 2 is 1.76 bits per heavy atom. The van der Waals surface area contributed by atoms with E-state index in [-0.39, 0.29) is 11.9 Å². The molecular formula is C16H20N4O. The Hall–Kier alpha value is -2.43. The van der Waals surface area contributed by atoms with Crippen molar-refractivity contribution in [2.75, 3.05) is 5.32 Å². The lowest BCUT2D eigenvalue weighted by Gasteiger charge is -2.08. The fourth-order valence-corrected chi connectivity index (χ4v) is 1.77. The fraction of sp³-hybridized carbons (Fsp3) is 0.312. The van der Waals surface area contributed by atoms with Crippen LogP contribution in [0.2, 0.25) is 0 Å². The third-order valence-corrected chi connectivity index (χ3v) is 2.91. The topological polar surface area (TPSA) is 66.9 Å². The van der Waals surface area contributed by atoms with Gasteiger partial charge in [0.2, 0.25) is 5.95 Å². The van der Waals surface area contributed by atoms with Gasteiger partial charge < -0.3 is 10.6 Å². The molecule has 110 valence electrons. The van der Waals surface area contributed by atoms with E-state index in [2.05, 4.69) is 51.8 Å². The molecule has 1 amide bonds. The summed E-state index contributed by atoms with van der Waals surface area (Å²) in [5.41, 5.74) is 2.85. The van der Waals surface area contributed by atoms with E-state index < -0.39 is 0 Å². The lowest BCUT2D eigenvalue weighted by molar-refractivity contribution is 0.0942. The molecule has 1 aromatic heterocycles. The van der Waals surface area contributed by atoms with Crippen molar-refractivity contribution >= 4 is 11.9 Å². The third-order valence-electron chi connectivity index (χ3n) is 2.91. The van der Waals surface area contributed by atoms with E-state index >= 15 is 0 Å². The molecular weight excluding hydrogens is 264 g/mol. The lowest BCUT2D eigenvalue weighted by Crippen LogP contribution is -2.30. The van der Waals surface area contributed by atoms with Crippen LogP contribution in [-0.4, -0.2) is 21.9 Å². The van der Waals surface area contributed by atoms with Crippen molar-refractivity contribution in [3.63, 3.8) is 0 Å². The number of anilines is 1. The quantitative estimate of drug-likeness (QED) is 0.885. The molecule has 5 heteroatoms. The molecule has 0 saturated heterocycles. The zero-order valence-electron chi connectivity index (χ0n) is 12.6. The van der Waals surface area contributed by atoms with Gasteiger partial charge in [-0.25, -0.2) is 9.97 Å². The summed E-state index contributed by atoms with van der Waals surface area (Å²) in [6.07, 6.45) is 3.06. The summed E-state index contributed by atoms with van der Waals surface area (Å²) < 4.78 is 0. The molecule has 0 aliphatic rings. The van der Waals surface area contributed by atoms with Crippen LogP contribution in [0.3, 0.4) is 0 Å². The number of amides is 1. The van der Waals surface area contributed by atoms with Gasteiger partial charge in [0.1, 0.15) is 0 Å². The number of hydrogen-bond acceptors (Lipinski definition) is 4. The average molecular weight is 284 g/mol. The highest BCUT2D eigenvalue weighted by molar-refractivity contribution is 5.93. The molecule has 1 aromatic carbocycles. The van der Waals surface area contributed by atoms with Crippen LogP contribution in [0.15, 0.2) is 36.7 Å². The highest BCUT2D eigenvalue weighted by Gasteiger charge is 2.08. The second-order valence-electron chi connectivity index (χ2n) is 5.26. The Kier molecular flexibility index (Phi) is 4.87. The van der Waals surface area contributed by atoms with Crippen LogP contribution in [0.1, 0.15) is 35.3 Å². The van der Waals surface area contributed by atoms with Crippen molar-refractivity contribution < 1.29 is 4.79 Å². The number of nitrogens with zero attached hydrogens (tertiary/aromatic N) is 2. The maximum Gasteiger partial charge on any atom is 0.254 e. The average Bonchev–Trinajstić information content (AvgIpc) is 2.46. The minimum absolute atomic E-state index is 0.0943. The summed E-state index contributed by atoms with van der Waals surface area (Å²) in [6.45, 7) is 6.53. The van der Waals surface area contributed by atoms with E-state index in [1.54, 1.807) is 0 Å². The number of carbonyl (C=O) groups is 1. The molecule has 0 atom stereocenters. The zero-order valence-corrected chi connectivity index (χ0v) is 12.6. The first-order valence-electron chi connectivity index (χ1n) is 6.97. The van der Waals surface area contributed by atoms with Crippen LogP contribution >= 0.6 is 0 Å². The minimum atomic E-state index is -0.157. The first kappa shape index (κ1) is 15.0. The summed E-state index contributed by atoms with van der Waals surface area (Å²) in [5.74, 6) is 0.353. The monoisotopic (exact) mass is 284 g/mol. The summed E-state index contributed by atoms with van der Waals surface area (Å²) >= 11 is 0. The van der Waals surface area contributed by atoms with Crippen molar-refractivity contribution in [1.82, 2.24) is 15.3 Å². The Morgan fingerprint density at radius 1 is 1.14 bits per heavy atom. The summed E-state index contributed by atoms with van der Waals surface area (Å²) in [5, 5.41) is 5.94. The van der Waals surface area contributed by atoms with Gasteiger partial charge in [-0.3, -0.25) is 4.79 Å². The van der Waals surface area contributed by atoms with Gasteiger partial charge in [-0.2, -0.15) is 0 Å². The Labute approximate surface area is 124 Å². The number of carbonyl (C=O) groups excluding carboxylic acids is 1. The van der Waals surface area contributed by atoms with Gasteiger partial charge in [-0.1, -0.05) is 29.8 Å². The number of nitrogens with one attached hydrogen (secondary N) is 2. The van der Waals surface area contributed by atoms with Crippen LogP contribution in [-0.2, 0) is 6.54 Å². The molecule has 0 aliphatic heterocycles. The molecule has 0 aliphatic carbocycles. The van der Waals surface area contributed by atoms with Gasteiger partial charge in [0.05, 0.1) is 5.56 Å². The summed E-state index contributed by atoms with van der Waals surface area (Å²) in [4.78, 5) is 20.1. The molecule has 0 radical (unpaired) electrons. The highest BCUT2D eigenvalue weighted by Crippen LogP contribution is 2.06. The Bertz CT molecular complexity index is 591. The van der Waals surface area contributed by atoms with E-state index in [0.717, 1.165) is 5.56 Å². The van der Waals surface area contributed by atoms with E-state index in [4.69, 9.17) is 0 Å². The zero-order chi connectivity index (χ0) is 15.2. The smallest absolute Gasteiger partial charge is 0.254 e. The second kappa shape index (κ2) is 6.83. The molecule has 1 heterocycles. The van der Waals surface area contributed by atoms with Crippen molar-refractivity contribution in [3.8, 4) is 0 Å². The van der Waals surface area contributed by atoms with Crippen molar-refractivity contribution in [2.45, 2.75) is 33.4 Å². The van der Waals surface area contributed by atoms with Gasteiger partial charge in [-0.15, -0.1) is 0 Å². The maximum absolute atomic E-state index is 11.8. The van der Waals surface area contributed by atoms with Crippen molar-refractivity contribution in [1.29, 1.82) is 0 Å². The first-order chi connectivity index (χ1) is 10.0. The van der Waals surface area contributed by atoms with Gasteiger partial charge >= 0.3 is 0 Å². The molecule has 0 saturated carbocycles. The Morgan fingerprint density at radius 3 is 2.33 bits per heavy atom. The van der Waals surface area contributed by atoms with Crippen molar-refractivity contribution in [2.24, 2.45) is 0 Å². The van der Waals surface area contributed by atoms with E-state index in [1.807, 2.05) is 13.8 Å². The number of benzene rings is 1. The van der Waals surface area contributed by atoms with Gasteiger partial charge in [0, 0.05) is 25.0 Å². The fourth-order valence-electron chi connectivity index (χ4n) is 1.77. The molecule has 0 unspecified atom stereocenters. The van der Waals surface area contributed by atoms with Crippen molar-refractivity contribution in [3.05, 3.63) is 53.3 Å². The Balaban J connectivity index is 1.93. The van der Waals surface area contributed by atoms with E-state index in [1.165, 1.54) is 18.0 Å². The van der Waals surface area contributed by atoms with Gasteiger partial charge in [0.15, 0.2) is 0 Å². The third kappa shape index (κ3) is 4.56. The summed E-state index contributed by atoms with van der Waals surface area (Å²) in [6, 6.07) is 8.35. The number of rotatable bonds is 5. The molecule has 0 spiro atoms. The SMILES string of the molecule is Cc1ccc(CNc2ncc(C(=O)NC(C)C)cn2)cc1. The first-order valence-corrected chi connectivity index (χ1v) is 6.97. The number of aryl methyl sites for hydroxylation is 1. The van der Waals surface area contributed by atoms with E-state index in [0.29, 0.717) is 18.1 Å². The minimum Gasteiger partial charge on any atom is -0.350 e. The van der Waals surface area contributed by atoms with Crippen LogP contribution in [0.25, 0.3) is 0 Å². The predicted molar refractivity (Wildman–Crippen MR) is 83.1 cm³/mol. The standard InChI is InChI=1S/C16H20N4O/c1-11(2)20-15(21)14-9-18-16(19-10-14)17-8-13-6-4-12(3)5-7-13/h4-7,9-11H,8H2,1-3H3,(H,20,21)(H,17,18,19). The second-order valence-corrected chi connectivity index (χ2v) is 5.26. The van der Waals surface area contributed by atoms with Crippen LogP contribution < -0.4 is 10.6 Å². The molecule has 5 nitrogen and oxygen atoms in total. The van der Waals surface area contributed by atoms with Crippen LogP contribution in [0.5, 0.6) is 0 Å².